The first kappa shape index (κ1) is 42.3. The summed E-state index contributed by atoms with van der Waals surface area (Å²) in [5.74, 6) is 0. The highest BCUT2D eigenvalue weighted by molar-refractivity contribution is 5.94. The lowest BCUT2D eigenvalue weighted by molar-refractivity contribution is 0.660. The Kier molecular flexibility index (Phi) is 10.1. The Morgan fingerprint density at radius 1 is 0.254 bits per heavy atom. The molecule has 0 amide bonds. The van der Waals surface area contributed by atoms with Crippen molar-refractivity contribution in [3.63, 3.8) is 0 Å². The zero-order chi connectivity index (χ0) is 47.5. The molecule has 0 spiro atoms. The van der Waals surface area contributed by atoms with Crippen LogP contribution in [0.5, 0.6) is 0 Å². The van der Waals surface area contributed by atoms with Crippen LogP contribution in [0.25, 0.3) is 66.8 Å². The fourth-order valence-electron chi connectivity index (χ4n) is 11.9. The van der Waals surface area contributed by atoms with E-state index in [1.165, 1.54) is 100 Å². The summed E-state index contributed by atoms with van der Waals surface area (Å²) in [5, 5.41) is 0. The molecule has 1 heteroatoms. The molecule has 2 aliphatic rings. The predicted molar refractivity (Wildman–Crippen MR) is 298 cm³/mol. The van der Waals surface area contributed by atoms with Gasteiger partial charge in [-0.3, -0.25) is 0 Å². The van der Waals surface area contributed by atoms with Crippen LogP contribution in [-0.4, -0.2) is 0 Å². The Morgan fingerprint density at radius 2 is 0.648 bits per heavy atom. The second-order valence-corrected chi connectivity index (χ2v) is 19.6. The molecule has 71 heavy (non-hydrogen) atoms. The minimum Gasteiger partial charge on any atom is -0.310 e. The van der Waals surface area contributed by atoms with Crippen LogP contribution in [0, 0.1) is 0 Å². The van der Waals surface area contributed by atoms with E-state index < -0.39 is 5.41 Å². The summed E-state index contributed by atoms with van der Waals surface area (Å²) >= 11 is 0. The SMILES string of the molecule is CC1(C)c2ccccc2-c2c(-c3ccc(N(c4ccc(-c5ccc(-c6ccccc6)cc5)cc4)c4ccc5c(c4)C(c4ccccc4)(c4ccc(-c6ccccc6)cc4)c4ccccc4-5)cc3)cccc21. The summed E-state index contributed by atoms with van der Waals surface area (Å²) < 4.78 is 0. The van der Waals surface area contributed by atoms with Crippen molar-refractivity contribution in [1.82, 2.24) is 0 Å². The molecule has 1 unspecified atom stereocenters. The van der Waals surface area contributed by atoms with E-state index in [0.29, 0.717) is 0 Å². The highest BCUT2D eigenvalue weighted by atomic mass is 15.1. The van der Waals surface area contributed by atoms with Gasteiger partial charge in [0.15, 0.2) is 0 Å². The molecule has 0 saturated heterocycles. The molecule has 11 aromatic carbocycles. The Hall–Kier alpha value is -8.78. The molecular weight excluding hydrogens is 855 g/mol. The van der Waals surface area contributed by atoms with E-state index in [0.717, 1.165) is 17.1 Å². The minimum absolute atomic E-state index is 0.0685. The molecule has 0 aromatic heterocycles. The van der Waals surface area contributed by atoms with Crippen LogP contribution >= 0.6 is 0 Å². The predicted octanol–water partition coefficient (Wildman–Crippen LogP) is 18.5. The molecule has 0 saturated carbocycles. The van der Waals surface area contributed by atoms with Crippen molar-refractivity contribution in [3.05, 3.63) is 306 Å². The summed E-state index contributed by atoms with van der Waals surface area (Å²) in [6.07, 6.45) is 0. The first-order valence-electron chi connectivity index (χ1n) is 24.8. The van der Waals surface area contributed by atoms with Gasteiger partial charge in [0.1, 0.15) is 0 Å². The van der Waals surface area contributed by atoms with Gasteiger partial charge in [-0.2, -0.15) is 0 Å². The van der Waals surface area contributed by atoms with Gasteiger partial charge in [0.05, 0.1) is 5.41 Å². The number of hydrogen-bond donors (Lipinski definition) is 0. The van der Waals surface area contributed by atoms with Crippen LogP contribution in [0.3, 0.4) is 0 Å². The molecule has 0 fully saturated rings. The summed E-state index contributed by atoms with van der Waals surface area (Å²) in [7, 11) is 0. The largest absolute Gasteiger partial charge is 0.310 e. The van der Waals surface area contributed by atoms with Crippen molar-refractivity contribution in [2.45, 2.75) is 24.7 Å². The van der Waals surface area contributed by atoms with Crippen molar-refractivity contribution in [3.8, 4) is 66.8 Å². The van der Waals surface area contributed by atoms with Crippen LogP contribution < -0.4 is 4.90 Å². The second kappa shape index (κ2) is 17.0. The van der Waals surface area contributed by atoms with E-state index in [-0.39, 0.29) is 5.41 Å². The van der Waals surface area contributed by atoms with Crippen molar-refractivity contribution in [1.29, 1.82) is 0 Å². The highest BCUT2D eigenvalue weighted by Gasteiger charge is 2.46. The van der Waals surface area contributed by atoms with Gasteiger partial charge in [0.2, 0.25) is 0 Å². The lowest BCUT2D eigenvalue weighted by Gasteiger charge is -2.35. The molecule has 0 N–H and O–H groups in total. The van der Waals surface area contributed by atoms with E-state index in [9.17, 15) is 0 Å². The van der Waals surface area contributed by atoms with Gasteiger partial charge in [-0.05, 0) is 137 Å². The summed E-state index contributed by atoms with van der Waals surface area (Å²) in [4.78, 5) is 2.44. The Balaban J connectivity index is 0.966. The molecule has 336 valence electrons. The van der Waals surface area contributed by atoms with Crippen LogP contribution in [-0.2, 0) is 10.8 Å². The third-order valence-corrected chi connectivity index (χ3v) is 15.4. The average Bonchev–Trinajstić information content (AvgIpc) is 3.87. The Bertz CT molecular complexity index is 3720. The summed E-state index contributed by atoms with van der Waals surface area (Å²) in [6.45, 7) is 4.71. The third kappa shape index (κ3) is 6.91. The van der Waals surface area contributed by atoms with E-state index in [4.69, 9.17) is 0 Å². The van der Waals surface area contributed by atoms with Gasteiger partial charge < -0.3 is 4.90 Å². The number of anilines is 3. The molecule has 2 aliphatic carbocycles. The van der Waals surface area contributed by atoms with Gasteiger partial charge >= 0.3 is 0 Å². The van der Waals surface area contributed by atoms with E-state index in [1.54, 1.807) is 0 Å². The van der Waals surface area contributed by atoms with Crippen LogP contribution in [0.1, 0.15) is 47.2 Å². The van der Waals surface area contributed by atoms with Gasteiger partial charge in [-0.25, -0.2) is 0 Å². The first-order valence-corrected chi connectivity index (χ1v) is 24.8. The van der Waals surface area contributed by atoms with Gasteiger partial charge in [-0.15, -0.1) is 0 Å². The van der Waals surface area contributed by atoms with Gasteiger partial charge in [0.25, 0.3) is 0 Å². The molecule has 0 aliphatic heterocycles. The number of rotatable bonds is 9. The normalized spacial score (nSPS) is 14.8. The monoisotopic (exact) mass is 905 g/mol. The number of fused-ring (bicyclic) bond motifs is 6. The Morgan fingerprint density at radius 3 is 1.24 bits per heavy atom. The maximum atomic E-state index is 2.47. The highest BCUT2D eigenvalue weighted by Crippen LogP contribution is 2.58. The fraction of sp³-hybridized carbons (Fsp3) is 0.0571. The van der Waals surface area contributed by atoms with Crippen molar-refractivity contribution in [2.75, 3.05) is 4.90 Å². The van der Waals surface area contributed by atoms with Gasteiger partial charge in [0, 0.05) is 22.5 Å². The summed E-state index contributed by atoms with van der Waals surface area (Å²) in [6, 6.07) is 101. The molecular formula is C70H51N. The van der Waals surface area contributed by atoms with Crippen LogP contribution in [0.4, 0.5) is 17.1 Å². The van der Waals surface area contributed by atoms with E-state index in [1.807, 2.05) is 0 Å². The van der Waals surface area contributed by atoms with Crippen LogP contribution in [0.2, 0.25) is 0 Å². The molecule has 0 heterocycles. The third-order valence-electron chi connectivity index (χ3n) is 15.4. The van der Waals surface area contributed by atoms with Crippen molar-refractivity contribution < 1.29 is 0 Å². The van der Waals surface area contributed by atoms with Crippen molar-refractivity contribution in [2.24, 2.45) is 0 Å². The fourth-order valence-corrected chi connectivity index (χ4v) is 11.9. The number of hydrogen-bond acceptors (Lipinski definition) is 1. The van der Waals surface area contributed by atoms with Gasteiger partial charge in [-0.1, -0.05) is 250 Å². The zero-order valence-corrected chi connectivity index (χ0v) is 39.9. The molecule has 0 bridgehead atoms. The number of benzene rings is 11. The van der Waals surface area contributed by atoms with Crippen molar-refractivity contribution >= 4 is 17.1 Å². The van der Waals surface area contributed by atoms with E-state index in [2.05, 4.69) is 292 Å². The summed E-state index contributed by atoms with van der Waals surface area (Å²) in [5.41, 5.74) is 25.4. The lowest BCUT2D eigenvalue weighted by Crippen LogP contribution is -2.28. The smallest absolute Gasteiger partial charge is 0.0714 e. The zero-order valence-electron chi connectivity index (χ0n) is 39.9. The molecule has 13 rings (SSSR count). The van der Waals surface area contributed by atoms with E-state index >= 15 is 0 Å². The quantitative estimate of drug-likeness (QED) is 0.139. The molecule has 1 nitrogen and oxygen atoms in total. The Labute approximate surface area is 417 Å². The topological polar surface area (TPSA) is 3.24 Å². The molecule has 1 atom stereocenters. The minimum atomic E-state index is -0.568. The maximum Gasteiger partial charge on any atom is 0.0714 e. The second-order valence-electron chi connectivity index (χ2n) is 19.6. The maximum absolute atomic E-state index is 2.47. The lowest BCUT2D eigenvalue weighted by atomic mass is 9.67. The molecule has 0 radical (unpaired) electrons. The standard InChI is InChI=1S/C70H51N/c1-69(2)64-26-14-13-24-63(64)68-60(25-16-28-66(68)69)54-37-43-58(44-38-54)71(57-41-35-53(36-42-57)51-31-29-50(30-32-51)48-17-6-3-7-18-48)59-45-46-62-61-23-12-15-27-65(61)70(67(62)47-59,55-21-10-5-11-22-55)56-39-33-52(34-40-56)49-19-8-4-9-20-49/h3-47H,1-2H3. The van der Waals surface area contributed by atoms with Crippen LogP contribution in [0.15, 0.2) is 273 Å². The number of nitrogens with zero attached hydrogens (tertiary/aromatic N) is 1. The molecule has 11 aromatic rings. The average molecular weight is 906 g/mol. The first-order chi connectivity index (χ1) is 35.0.